The first kappa shape index (κ1) is 18.2. The van der Waals surface area contributed by atoms with Crippen molar-refractivity contribution in [2.24, 2.45) is 0 Å². The van der Waals surface area contributed by atoms with Crippen molar-refractivity contribution in [2.45, 2.75) is 23.7 Å². The molecule has 2 aromatic rings. The standard InChI is InChI=1S/C15H18N4O3S3/c1-9-6-11-7-10(4-5-12(11)19(9)25(3,21)22)13(20)8-23-15-18-17-14(16-2)24-15/h4-5,7,9H,6,8H2,1-3H3,(H,16,17)/t9-/m0/s1. The van der Waals surface area contributed by atoms with Gasteiger partial charge in [0.15, 0.2) is 10.1 Å². The fourth-order valence-corrected chi connectivity index (χ4v) is 5.72. The van der Waals surface area contributed by atoms with Gasteiger partial charge in [-0.1, -0.05) is 23.1 Å². The Hall–Kier alpha value is -1.65. The zero-order chi connectivity index (χ0) is 18.2. The van der Waals surface area contributed by atoms with E-state index in [1.807, 2.05) is 6.92 Å². The van der Waals surface area contributed by atoms with Crippen LogP contribution < -0.4 is 9.62 Å². The van der Waals surface area contributed by atoms with E-state index in [4.69, 9.17) is 0 Å². The SMILES string of the molecule is CNc1nnc(SCC(=O)c2ccc3c(c2)C[C@H](C)N3S(C)(=O)=O)s1. The third-order valence-corrected chi connectivity index (χ3v) is 7.20. The summed E-state index contributed by atoms with van der Waals surface area (Å²) in [5, 5.41) is 11.6. The molecule has 0 unspecified atom stereocenters. The molecule has 0 radical (unpaired) electrons. The number of anilines is 2. The average Bonchev–Trinajstić information content (AvgIpc) is 3.13. The lowest BCUT2D eigenvalue weighted by atomic mass is 10.0. The number of nitrogens with zero attached hydrogens (tertiary/aromatic N) is 3. The number of nitrogens with one attached hydrogen (secondary N) is 1. The van der Waals surface area contributed by atoms with E-state index in [2.05, 4.69) is 15.5 Å². The molecule has 1 aromatic carbocycles. The minimum Gasteiger partial charge on any atom is -0.363 e. The van der Waals surface area contributed by atoms with Crippen LogP contribution in [0.1, 0.15) is 22.8 Å². The summed E-state index contributed by atoms with van der Waals surface area (Å²) in [6, 6.07) is 5.09. The van der Waals surface area contributed by atoms with E-state index >= 15 is 0 Å². The van der Waals surface area contributed by atoms with Crippen LogP contribution in [0.25, 0.3) is 0 Å². The number of fused-ring (bicyclic) bond motifs is 1. The Bertz CT molecular complexity index is 910. The molecule has 0 spiro atoms. The van der Waals surface area contributed by atoms with Crippen molar-refractivity contribution in [1.29, 1.82) is 0 Å². The maximum Gasteiger partial charge on any atom is 0.232 e. The van der Waals surface area contributed by atoms with Crippen LogP contribution in [0, 0.1) is 0 Å². The third-order valence-electron chi connectivity index (χ3n) is 3.86. The molecule has 134 valence electrons. The highest BCUT2D eigenvalue weighted by Crippen LogP contribution is 2.35. The zero-order valence-electron chi connectivity index (χ0n) is 14.0. The van der Waals surface area contributed by atoms with Crippen LogP contribution in [-0.2, 0) is 16.4 Å². The number of rotatable bonds is 6. The normalized spacial score (nSPS) is 16.8. The lowest BCUT2D eigenvalue weighted by Crippen LogP contribution is -2.34. The van der Waals surface area contributed by atoms with Crippen LogP contribution in [0.15, 0.2) is 22.5 Å². The molecule has 1 aromatic heterocycles. The fourth-order valence-electron chi connectivity index (χ4n) is 2.86. The Morgan fingerprint density at radius 1 is 1.44 bits per heavy atom. The first-order valence-corrected chi connectivity index (χ1v) is 11.2. The van der Waals surface area contributed by atoms with Gasteiger partial charge >= 0.3 is 0 Å². The van der Waals surface area contributed by atoms with Gasteiger partial charge in [-0.25, -0.2) is 8.42 Å². The summed E-state index contributed by atoms with van der Waals surface area (Å²) in [6.45, 7) is 1.87. The van der Waals surface area contributed by atoms with E-state index in [1.165, 1.54) is 33.7 Å². The lowest BCUT2D eigenvalue weighted by molar-refractivity contribution is 0.102. The van der Waals surface area contributed by atoms with Crippen molar-refractivity contribution in [3.05, 3.63) is 29.3 Å². The molecule has 0 aliphatic carbocycles. The van der Waals surface area contributed by atoms with Gasteiger partial charge in [-0.3, -0.25) is 9.10 Å². The van der Waals surface area contributed by atoms with Crippen molar-refractivity contribution in [1.82, 2.24) is 10.2 Å². The summed E-state index contributed by atoms with van der Waals surface area (Å²) in [7, 11) is -1.55. The van der Waals surface area contributed by atoms with Crippen LogP contribution in [0.2, 0.25) is 0 Å². The maximum absolute atomic E-state index is 12.4. The molecule has 7 nitrogen and oxygen atoms in total. The van der Waals surface area contributed by atoms with Crippen LogP contribution in [0.5, 0.6) is 0 Å². The number of carbonyl (C=O) groups is 1. The van der Waals surface area contributed by atoms with Crippen molar-refractivity contribution in [3.63, 3.8) is 0 Å². The van der Waals surface area contributed by atoms with E-state index in [0.717, 1.165) is 9.90 Å². The molecule has 25 heavy (non-hydrogen) atoms. The highest BCUT2D eigenvalue weighted by molar-refractivity contribution is 8.01. The predicted molar refractivity (Wildman–Crippen MR) is 101 cm³/mol. The number of sulfonamides is 1. The largest absolute Gasteiger partial charge is 0.363 e. The van der Waals surface area contributed by atoms with Gasteiger partial charge in [0.05, 0.1) is 17.7 Å². The molecular formula is C15H18N4O3S3. The second-order valence-corrected chi connectivity index (χ2v) is 9.85. The van der Waals surface area contributed by atoms with Crippen molar-refractivity contribution >= 4 is 49.7 Å². The number of carbonyl (C=O) groups excluding carboxylic acids is 1. The topological polar surface area (TPSA) is 92.3 Å². The van der Waals surface area contributed by atoms with E-state index in [0.29, 0.717) is 22.8 Å². The second-order valence-electron chi connectivity index (χ2n) is 5.79. The average molecular weight is 399 g/mol. The molecule has 1 aliphatic heterocycles. The third kappa shape index (κ3) is 3.80. The fraction of sp³-hybridized carbons (Fsp3) is 0.400. The van der Waals surface area contributed by atoms with Crippen LogP contribution >= 0.6 is 23.1 Å². The molecule has 1 aliphatic rings. The minimum atomic E-state index is -3.32. The van der Waals surface area contributed by atoms with Gasteiger partial charge in [-0.15, -0.1) is 10.2 Å². The Kier molecular flexibility index (Phi) is 5.03. The molecule has 3 rings (SSSR count). The van der Waals surface area contributed by atoms with Gasteiger partial charge < -0.3 is 5.32 Å². The van der Waals surface area contributed by atoms with Gasteiger partial charge in [0, 0.05) is 18.7 Å². The first-order valence-electron chi connectivity index (χ1n) is 7.59. The Morgan fingerprint density at radius 2 is 2.20 bits per heavy atom. The summed E-state index contributed by atoms with van der Waals surface area (Å²) in [6.07, 6.45) is 1.81. The smallest absolute Gasteiger partial charge is 0.232 e. The van der Waals surface area contributed by atoms with Gasteiger partial charge in [-0.05, 0) is 37.1 Å². The summed E-state index contributed by atoms with van der Waals surface area (Å²) in [5.41, 5.74) is 2.15. The lowest BCUT2D eigenvalue weighted by Gasteiger charge is -2.21. The number of aromatic nitrogens is 2. The number of thioether (sulfide) groups is 1. The van der Waals surface area contributed by atoms with Crippen LogP contribution in [0.4, 0.5) is 10.8 Å². The second kappa shape index (κ2) is 6.93. The number of hydrogen-bond acceptors (Lipinski definition) is 8. The number of ketones is 1. The molecule has 0 saturated carbocycles. The van der Waals surface area contributed by atoms with Crippen LogP contribution in [-0.4, -0.2) is 49.5 Å². The summed E-state index contributed by atoms with van der Waals surface area (Å²) < 4.78 is 26.1. The Labute approximate surface area is 154 Å². The highest BCUT2D eigenvalue weighted by Gasteiger charge is 2.32. The van der Waals surface area contributed by atoms with E-state index in [9.17, 15) is 13.2 Å². The van der Waals surface area contributed by atoms with Gasteiger partial charge in [-0.2, -0.15) is 0 Å². The number of benzene rings is 1. The molecule has 10 heteroatoms. The molecule has 1 atom stereocenters. The molecule has 1 N–H and O–H groups in total. The summed E-state index contributed by atoms with van der Waals surface area (Å²) >= 11 is 2.74. The van der Waals surface area contributed by atoms with Gasteiger partial charge in [0.1, 0.15) is 0 Å². The van der Waals surface area contributed by atoms with E-state index in [1.54, 1.807) is 25.2 Å². The van der Waals surface area contributed by atoms with Gasteiger partial charge in [0.2, 0.25) is 15.2 Å². The molecule has 2 heterocycles. The Morgan fingerprint density at radius 3 is 2.84 bits per heavy atom. The molecular weight excluding hydrogens is 380 g/mol. The monoisotopic (exact) mass is 398 g/mol. The van der Waals surface area contributed by atoms with E-state index < -0.39 is 10.0 Å². The maximum atomic E-state index is 12.4. The zero-order valence-corrected chi connectivity index (χ0v) is 16.5. The molecule has 0 fully saturated rings. The van der Waals surface area contributed by atoms with Crippen LogP contribution in [0.3, 0.4) is 0 Å². The minimum absolute atomic E-state index is 0.0144. The molecule has 0 saturated heterocycles. The predicted octanol–water partition coefficient (Wildman–Crippen LogP) is 2.27. The molecule has 0 bridgehead atoms. The Balaban J connectivity index is 1.74. The number of Topliss-reactive ketones (excluding diaryl/α,β-unsaturated/α-hetero) is 1. The van der Waals surface area contributed by atoms with Crippen molar-refractivity contribution < 1.29 is 13.2 Å². The highest BCUT2D eigenvalue weighted by atomic mass is 32.2. The van der Waals surface area contributed by atoms with Crippen molar-refractivity contribution in [2.75, 3.05) is 28.7 Å². The summed E-state index contributed by atoms with van der Waals surface area (Å²) in [5.74, 6) is 0.252. The quantitative estimate of drug-likeness (QED) is 0.589. The van der Waals surface area contributed by atoms with E-state index in [-0.39, 0.29) is 17.6 Å². The van der Waals surface area contributed by atoms with Crippen molar-refractivity contribution in [3.8, 4) is 0 Å². The van der Waals surface area contributed by atoms with Gasteiger partial charge in [0.25, 0.3) is 0 Å². The molecule has 0 amide bonds. The number of hydrogen-bond donors (Lipinski definition) is 1. The summed E-state index contributed by atoms with van der Waals surface area (Å²) in [4.78, 5) is 12.4. The first-order chi connectivity index (χ1) is 11.8.